The highest BCUT2D eigenvalue weighted by atomic mass is 32.2. The van der Waals surface area contributed by atoms with Crippen LogP contribution in [0, 0.1) is 5.92 Å². The summed E-state index contributed by atoms with van der Waals surface area (Å²) in [5.41, 5.74) is 0.798. The predicted molar refractivity (Wildman–Crippen MR) is 112 cm³/mol. The van der Waals surface area contributed by atoms with Crippen molar-refractivity contribution in [2.45, 2.75) is 35.6 Å². The van der Waals surface area contributed by atoms with E-state index in [-0.39, 0.29) is 40.7 Å². The summed E-state index contributed by atoms with van der Waals surface area (Å²) in [6.45, 7) is 2.37. The van der Waals surface area contributed by atoms with Gasteiger partial charge in [0.1, 0.15) is 4.90 Å². The summed E-state index contributed by atoms with van der Waals surface area (Å²) in [4.78, 5) is 16.9. The van der Waals surface area contributed by atoms with Gasteiger partial charge in [0.25, 0.3) is 0 Å². The second-order valence-corrected chi connectivity index (χ2v) is 11.4. The monoisotopic (exact) mass is 451 g/mol. The number of sulfonamides is 1. The molecule has 2 aromatic rings. The molecule has 2 heterocycles. The summed E-state index contributed by atoms with van der Waals surface area (Å²) in [6, 6.07) is 9.22. The van der Waals surface area contributed by atoms with Gasteiger partial charge in [0, 0.05) is 37.7 Å². The molecule has 1 amide bonds. The van der Waals surface area contributed by atoms with Gasteiger partial charge in [-0.1, -0.05) is 12.1 Å². The van der Waals surface area contributed by atoms with Crippen molar-refractivity contribution in [2.24, 2.45) is 5.92 Å². The Labute approximate surface area is 177 Å². The van der Waals surface area contributed by atoms with Crippen molar-refractivity contribution in [2.75, 3.05) is 19.3 Å². The zero-order valence-corrected chi connectivity index (χ0v) is 18.5. The van der Waals surface area contributed by atoms with Crippen molar-refractivity contribution >= 4 is 25.8 Å². The SMILES string of the molecule is CC(NC(=O)C1CCN(S(=O)(=O)c2cccnc2)CC1)c1ccc(S(C)(=O)=O)cc1. The number of aromatic nitrogens is 1. The Morgan fingerprint density at radius 2 is 1.70 bits per heavy atom. The first-order valence-electron chi connectivity index (χ1n) is 9.59. The molecule has 0 spiro atoms. The van der Waals surface area contributed by atoms with E-state index in [2.05, 4.69) is 10.3 Å². The summed E-state index contributed by atoms with van der Waals surface area (Å²) < 4.78 is 49.9. The van der Waals surface area contributed by atoms with Crippen LogP contribution in [0.15, 0.2) is 58.6 Å². The first-order chi connectivity index (χ1) is 14.1. The number of hydrogen-bond acceptors (Lipinski definition) is 6. The van der Waals surface area contributed by atoms with Gasteiger partial charge in [-0.25, -0.2) is 16.8 Å². The lowest BCUT2D eigenvalue weighted by Crippen LogP contribution is -2.43. The summed E-state index contributed by atoms with van der Waals surface area (Å²) in [7, 11) is -6.87. The van der Waals surface area contributed by atoms with Crippen LogP contribution in [0.3, 0.4) is 0 Å². The van der Waals surface area contributed by atoms with E-state index in [1.54, 1.807) is 18.2 Å². The largest absolute Gasteiger partial charge is 0.349 e. The number of benzene rings is 1. The van der Waals surface area contributed by atoms with Gasteiger partial charge in [0.2, 0.25) is 15.9 Å². The fourth-order valence-corrected chi connectivity index (χ4v) is 5.49. The minimum atomic E-state index is -3.60. The number of sulfone groups is 1. The lowest BCUT2D eigenvalue weighted by molar-refractivity contribution is -0.126. The van der Waals surface area contributed by atoms with Crippen LogP contribution in [0.25, 0.3) is 0 Å². The number of amides is 1. The first-order valence-corrected chi connectivity index (χ1v) is 12.9. The second kappa shape index (κ2) is 8.83. The number of nitrogens with zero attached hydrogens (tertiary/aromatic N) is 2. The quantitative estimate of drug-likeness (QED) is 0.716. The number of carbonyl (C=O) groups is 1. The third-order valence-corrected chi connectivity index (χ3v) is 8.27. The minimum Gasteiger partial charge on any atom is -0.349 e. The zero-order valence-electron chi connectivity index (χ0n) is 16.9. The number of hydrogen-bond donors (Lipinski definition) is 1. The second-order valence-electron chi connectivity index (χ2n) is 7.44. The van der Waals surface area contributed by atoms with Gasteiger partial charge < -0.3 is 5.32 Å². The maximum absolute atomic E-state index is 12.7. The van der Waals surface area contributed by atoms with Crippen molar-refractivity contribution in [3.8, 4) is 0 Å². The molecule has 0 bridgehead atoms. The van der Waals surface area contributed by atoms with E-state index in [1.165, 1.54) is 34.9 Å². The number of piperidine rings is 1. The molecule has 1 aromatic heterocycles. The number of rotatable bonds is 6. The van der Waals surface area contributed by atoms with Crippen LogP contribution in [-0.4, -0.2) is 51.4 Å². The Kier molecular flexibility index (Phi) is 6.59. The molecule has 3 rings (SSSR count). The molecule has 1 aliphatic heterocycles. The predicted octanol–water partition coefficient (Wildman–Crippen LogP) is 1.76. The molecule has 8 nitrogen and oxygen atoms in total. The van der Waals surface area contributed by atoms with Gasteiger partial charge in [0.15, 0.2) is 9.84 Å². The van der Waals surface area contributed by atoms with E-state index in [0.29, 0.717) is 12.8 Å². The van der Waals surface area contributed by atoms with Crippen LogP contribution < -0.4 is 5.32 Å². The Morgan fingerprint density at radius 1 is 1.07 bits per heavy atom. The Hall–Kier alpha value is -2.30. The van der Waals surface area contributed by atoms with E-state index in [0.717, 1.165) is 11.8 Å². The smallest absolute Gasteiger partial charge is 0.244 e. The highest BCUT2D eigenvalue weighted by molar-refractivity contribution is 7.90. The number of carbonyl (C=O) groups excluding carboxylic acids is 1. The van der Waals surface area contributed by atoms with Crippen LogP contribution in [0.4, 0.5) is 0 Å². The standard InChI is InChI=1S/C20H25N3O5S2/c1-15(16-5-7-18(8-6-16)29(2,25)26)22-20(24)17-9-12-23(13-10-17)30(27,28)19-4-3-11-21-14-19/h3-8,11,14-15,17H,9-10,12-13H2,1-2H3,(H,22,24). The van der Waals surface area contributed by atoms with Crippen LogP contribution >= 0.6 is 0 Å². The maximum atomic E-state index is 12.7. The molecule has 1 N–H and O–H groups in total. The molecule has 10 heteroatoms. The molecule has 30 heavy (non-hydrogen) atoms. The van der Waals surface area contributed by atoms with Crippen molar-refractivity contribution in [3.63, 3.8) is 0 Å². The first kappa shape index (κ1) is 22.4. The third-order valence-electron chi connectivity index (χ3n) is 5.26. The van der Waals surface area contributed by atoms with Gasteiger partial charge in [-0.05, 0) is 49.6 Å². The molecule has 1 fully saturated rings. The van der Waals surface area contributed by atoms with Crippen LogP contribution in [-0.2, 0) is 24.7 Å². The molecule has 1 saturated heterocycles. The molecule has 0 aliphatic carbocycles. The van der Waals surface area contributed by atoms with E-state index >= 15 is 0 Å². The molecule has 1 unspecified atom stereocenters. The van der Waals surface area contributed by atoms with E-state index in [4.69, 9.17) is 0 Å². The van der Waals surface area contributed by atoms with Crippen LogP contribution in [0.1, 0.15) is 31.4 Å². The fraction of sp³-hybridized carbons (Fsp3) is 0.400. The Balaban J connectivity index is 1.58. The maximum Gasteiger partial charge on any atom is 0.244 e. The molecule has 1 atom stereocenters. The molecule has 1 aliphatic rings. The van der Waals surface area contributed by atoms with Crippen LogP contribution in [0.5, 0.6) is 0 Å². The topological polar surface area (TPSA) is 114 Å². The number of pyridine rings is 1. The van der Waals surface area contributed by atoms with Gasteiger partial charge in [0.05, 0.1) is 10.9 Å². The summed E-state index contributed by atoms with van der Waals surface area (Å²) >= 11 is 0. The van der Waals surface area contributed by atoms with Gasteiger partial charge in [-0.3, -0.25) is 9.78 Å². The molecule has 0 radical (unpaired) electrons. The van der Waals surface area contributed by atoms with Gasteiger partial charge >= 0.3 is 0 Å². The molecular formula is C20H25N3O5S2. The summed E-state index contributed by atoms with van der Waals surface area (Å²) in [5, 5.41) is 2.94. The highest BCUT2D eigenvalue weighted by Crippen LogP contribution is 2.24. The van der Waals surface area contributed by atoms with Gasteiger partial charge in [-0.15, -0.1) is 0 Å². The average Bonchev–Trinajstić information content (AvgIpc) is 2.74. The van der Waals surface area contributed by atoms with Crippen molar-refractivity contribution < 1.29 is 21.6 Å². The zero-order chi connectivity index (χ0) is 21.9. The molecular weight excluding hydrogens is 426 g/mol. The van der Waals surface area contributed by atoms with Crippen molar-refractivity contribution in [3.05, 3.63) is 54.4 Å². The van der Waals surface area contributed by atoms with Crippen molar-refractivity contribution in [1.82, 2.24) is 14.6 Å². The van der Waals surface area contributed by atoms with Crippen molar-refractivity contribution in [1.29, 1.82) is 0 Å². The summed E-state index contributed by atoms with van der Waals surface area (Å²) in [5.74, 6) is -0.406. The van der Waals surface area contributed by atoms with E-state index < -0.39 is 19.9 Å². The molecule has 162 valence electrons. The third kappa shape index (κ3) is 5.05. The summed E-state index contributed by atoms with van der Waals surface area (Å²) in [6.07, 6.45) is 4.86. The lowest BCUT2D eigenvalue weighted by Gasteiger charge is -2.31. The number of nitrogens with one attached hydrogen (secondary N) is 1. The average molecular weight is 452 g/mol. The normalized spacial score (nSPS) is 17.4. The highest BCUT2D eigenvalue weighted by Gasteiger charge is 2.32. The molecule has 0 saturated carbocycles. The van der Waals surface area contributed by atoms with Crippen LogP contribution in [0.2, 0.25) is 0 Å². The Morgan fingerprint density at radius 3 is 2.23 bits per heavy atom. The van der Waals surface area contributed by atoms with Gasteiger partial charge in [-0.2, -0.15) is 4.31 Å². The lowest BCUT2D eigenvalue weighted by atomic mass is 9.96. The molecule has 1 aromatic carbocycles. The fourth-order valence-electron chi connectivity index (χ4n) is 3.43. The Bertz CT molecular complexity index is 1090. The van der Waals surface area contributed by atoms with E-state index in [9.17, 15) is 21.6 Å². The minimum absolute atomic E-state index is 0.131. The van der Waals surface area contributed by atoms with E-state index in [1.807, 2.05) is 6.92 Å².